The van der Waals surface area contributed by atoms with E-state index in [1.807, 2.05) is 6.92 Å². The van der Waals surface area contributed by atoms with E-state index in [0.29, 0.717) is 6.42 Å². The van der Waals surface area contributed by atoms with Gasteiger partial charge in [0.2, 0.25) is 0 Å². The fraction of sp³-hybridized carbons (Fsp3) is 0.750. The lowest BCUT2D eigenvalue weighted by Crippen LogP contribution is -1.98. The molecule has 0 N–H and O–H groups in total. The van der Waals surface area contributed by atoms with Gasteiger partial charge in [-0.1, -0.05) is 6.92 Å². The molecule has 0 aliphatic heterocycles. The van der Waals surface area contributed by atoms with Crippen molar-refractivity contribution in [3.05, 3.63) is 0 Å². The first-order valence-corrected chi connectivity index (χ1v) is 2.20. The van der Waals surface area contributed by atoms with Crippen LogP contribution in [0, 0.1) is 0 Å². The first-order chi connectivity index (χ1) is 3.31. The predicted molar refractivity (Wildman–Crippen MR) is 26.8 cm³/mol. The smallest absolute Gasteiger partial charge is 0.378 e. The zero-order chi connectivity index (χ0) is 5.70. The van der Waals surface area contributed by atoms with Gasteiger partial charge >= 0.3 is 8.05 Å². The summed E-state index contributed by atoms with van der Waals surface area (Å²) in [7, 11) is 4.51. The van der Waals surface area contributed by atoms with Crippen LogP contribution in [0.1, 0.15) is 19.8 Å². The first-order valence-electron chi connectivity index (χ1n) is 2.20. The minimum Gasteiger partial charge on any atom is -0.543 e. The molecule has 7 heavy (non-hydrogen) atoms. The van der Waals surface area contributed by atoms with Crippen LogP contribution in [-0.4, -0.2) is 14.0 Å². The number of carbonyl (C=O) groups excluding carboxylic acids is 1. The van der Waals surface area contributed by atoms with Crippen molar-refractivity contribution in [3.8, 4) is 0 Å². The van der Waals surface area contributed by atoms with Gasteiger partial charge in [0.05, 0.1) is 0 Å². The molecule has 0 amide bonds. The molecule has 0 fully saturated rings. The molecule has 3 heteroatoms. The van der Waals surface area contributed by atoms with Crippen LogP contribution >= 0.6 is 0 Å². The summed E-state index contributed by atoms with van der Waals surface area (Å²) in [5, 5.41) is 0. The molecular weight excluding hydrogens is 90.9 g/mol. The van der Waals surface area contributed by atoms with Gasteiger partial charge in [0.15, 0.2) is 0 Å². The molecule has 0 aromatic rings. The third-order valence-corrected chi connectivity index (χ3v) is 0.586. The molecule has 0 saturated carbocycles. The van der Waals surface area contributed by atoms with Crippen LogP contribution in [0.3, 0.4) is 0 Å². The summed E-state index contributed by atoms with van der Waals surface area (Å²) in [5.74, 6) is -0.345. The Bertz CT molecular complexity index is 62.7. The Hall–Kier alpha value is -0.465. The molecule has 0 bridgehead atoms. The third-order valence-electron chi connectivity index (χ3n) is 0.586. The number of carbonyl (C=O) groups is 1. The highest BCUT2D eigenvalue weighted by Gasteiger charge is 1.92. The second kappa shape index (κ2) is 3.72. The third kappa shape index (κ3) is 3.36. The predicted octanol–water partition coefficient (Wildman–Crippen LogP) is 0.413. The normalized spacial score (nSPS) is 8.14. The Balaban J connectivity index is 3.00. The summed E-state index contributed by atoms with van der Waals surface area (Å²) in [4.78, 5) is 10.1. The maximum Gasteiger partial charge on any atom is 0.378 e. The number of hydrogen-bond donors (Lipinski definition) is 0. The van der Waals surface area contributed by atoms with Crippen LogP contribution in [-0.2, 0) is 9.45 Å². The lowest BCUT2D eigenvalue weighted by Gasteiger charge is -1.91. The van der Waals surface area contributed by atoms with E-state index in [9.17, 15) is 4.79 Å². The molecule has 0 aliphatic rings. The molecule has 0 unspecified atom stereocenters. The van der Waals surface area contributed by atoms with Crippen molar-refractivity contribution in [1.82, 2.24) is 0 Å². The monoisotopic (exact) mass is 98.1 g/mol. The zero-order valence-corrected chi connectivity index (χ0v) is 4.31. The lowest BCUT2D eigenvalue weighted by molar-refractivity contribution is -0.134. The molecule has 0 atom stereocenters. The highest BCUT2D eigenvalue weighted by molar-refractivity contribution is 6.05. The molecule has 0 aromatic carbocycles. The van der Waals surface area contributed by atoms with Crippen LogP contribution in [0.25, 0.3) is 0 Å². The van der Waals surface area contributed by atoms with Gasteiger partial charge in [0.25, 0.3) is 5.97 Å². The van der Waals surface area contributed by atoms with Crippen molar-refractivity contribution in [2.24, 2.45) is 0 Å². The summed E-state index contributed by atoms with van der Waals surface area (Å²) in [5.41, 5.74) is 0. The van der Waals surface area contributed by atoms with Crippen LogP contribution in [0.2, 0.25) is 0 Å². The summed E-state index contributed by atoms with van der Waals surface area (Å²) < 4.78 is 3.85. The van der Waals surface area contributed by atoms with Gasteiger partial charge in [-0.15, -0.1) is 0 Å². The summed E-state index contributed by atoms with van der Waals surface area (Å²) >= 11 is 0. The van der Waals surface area contributed by atoms with Gasteiger partial charge in [0, 0.05) is 6.42 Å². The van der Waals surface area contributed by atoms with E-state index in [1.165, 1.54) is 0 Å². The summed E-state index contributed by atoms with van der Waals surface area (Å²) in [6.45, 7) is 1.89. The minimum absolute atomic E-state index is 0.345. The van der Waals surface area contributed by atoms with E-state index < -0.39 is 0 Å². The molecule has 0 heterocycles. The first kappa shape index (κ1) is 6.53. The quantitative estimate of drug-likeness (QED) is 0.467. The molecule has 0 aromatic heterocycles. The van der Waals surface area contributed by atoms with Crippen molar-refractivity contribution in [1.29, 1.82) is 0 Å². The maximum atomic E-state index is 10.1. The average molecular weight is 97.9 g/mol. The number of hydrogen-bond acceptors (Lipinski definition) is 2. The zero-order valence-electron chi connectivity index (χ0n) is 4.31. The van der Waals surface area contributed by atoms with Crippen molar-refractivity contribution in [3.63, 3.8) is 0 Å². The Morgan fingerprint density at radius 1 is 1.86 bits per heavy atom. The molecule has 2 radical (unpaired) electrons. The van der Waals surface area contributed by atoms with Gasteiger partial charge < -0.3 is 4.65 Å². The van der Waals surface area contributed by atoms with Crippen LogP contribution in [0.4, 0.5) is 0 Å². The topological polar surface area (TPSA) is 26.3 Å². The van der Waals surface area contributed by atoms with Crippen molar-refractivity contribution in [2.75, 3.05) is 0 Å². The molecule has 0 saturated heterocycles. The Morgan fingerprint density at radius 2 is 2.43 bits per heavy atom. The summed E-state index contributed by atoms with van der Waals surface area (Å²) in [6, 6.07) is 0. The van der Waals surface area contributed by atoms with Gasteiger partial charge in [-0.05, 0) is 6.42 Å². The van der Waals surface area contributed by atoms with Gasteiger partial charge in [0.1, 0.15) is 0 Å². The van der Waals surface area contributed by atoms with Gasteiger partial charge in [-0.3, -0.25) is 4.79 Å². The fourth-order valence-electron chi connectivity index (χ4n) is 0.263. The summed E-state index contributed by atoms with van der Waals surface area (Å²) in [6.07, 6.45) is 1.20. The molecule has 38 valence electrons. The molecule has 2 nitrogen and oxygen atoms in total. The molecule has 0 aliphatic carbocycles. The highest BCUT2D eigenvalue weighted by atomic mass is 16.5. The molecule has 0 spiro atoms. The van der Waals surface area contributed by atoms with Gasteiger partial charge in [-0.2, -0.15) is 0 Å². The Kier molecular flexibility index (Phi) is 3.47. The maximum absolute atomic E-state index is 10.1. The minimum atomic E-state index is -0.345. The molecular formula is C4H7BO2. The van der Waals surface area contributed by atoms with E-state index in [1.54, 1.807) is 0 Å². The van der Waals surface area contributed by atoms with Crippen molar-refractivity contribution < 1.29 is 9.45 Å². The van der Waals surface area contributed by atoms with E-state index in [2.05, 4.69) is 12.7 Å². The van der Waals surface area contributed by atoms with E-state index in [4.69, 9.17) is 0 Å². The standard InChI is InChI=1S/C4H7BO2/c1-2-3-4(6)7-5/h2-3H2,1H3. The largest absolute Gasteiger partial charge is 0.543 e. The average Bonchev–Trinajstić information content (AvgIpc) is 1.68. The van der Waals surface area contributed by atoms with Crippen LogP contribution in [0.5, 0.6) is 0 Å². The Labute approximate surface area is 44.3 Å². The Morgan fingerprint density at radius 3 is 2.57 bits per heavy atom. The molecule has 0 rings (SSSR count). The van der Waals surface area contributed by atoms with Gasteiger partial charge in [-0.25, -0.2) is 0 Å². The highest BCUT2D eigenvalue weighted by Crippen LogP contribution is 1.86. The van der Waals surface area contributed by atoms with Crippen molar-refractivity contribution in [2.45, 2.75) is 19.8 Å². The lowest BCUT2D eigenvalue weighted by atomic mass is 10.3. The number of rotatable bonds is 2. The van der Waals surface area contributed by atoms with Crippen molar-refractivity contribution >= 4 is 14.0 Å². The van der Waals surface area contributed by atoms with Crippen LogP contribution < -0.4 is 0 Å². The van der Waals surface area contributed by atoms with E-state index >= 15 is 0 Å². The second-order valence-electron chi connectivity index (χ2n) is 1.24. The SMILES string of the molecule is [B]OC(=O)CCC. The second-order valence-corrected chi connectivity index (χ2v) is 1.24. The van der Waals surface area contributed by atoms with E-state index in [-0.39, 0.29) is 5.97 Å². The fourth-order valence-corrected chi connectivity index (χ4v) is 0.263. The van der Waals surface area contributed by atoms with E-state index in [0.717, 1.165) is 6.42 Å². The van der Waals surface area contributed by atoms with Crippen LogP contribution in [0.15, 0.2) is 0 Å².